The zero-order valence-corrected chi connectivity index (χ0v) is 14.2. The molecule has 1 N–H and O–H groups in total. The Hall–Kier alpha value is -3.09. The fourth-order valence-corrected chi connectivity index (χ4v) is 2.24. The molecule has 1 heterocycles. The number of hydrogen-bond acceptors (Lipinski definition) is 5. The Morgan fingerprint density at radius 3 is 2.44 bits per heavy atom. The van der Waals surface area contributed by atoms with Gasteiger partial charge in [0.2, 0.25) is 5.91 Å². The summed E-state index contributed by atoms with van der Waals surface area (Å²) in [5.74, 6) is -0.704. The molecule has 1 aromatic heterocycles. The lowest BCUT2D eigenvalue weighted by atomic mass is 10.2. The highest BCUT2D eigenvalue weighted by atomic mass is 16.5. The van der Waals surface area contributed by atoms with Gasteiger partial charge in [-0.1, -0.05) is 0 Å². The second-order valence-corrected chi connectivity index (χ2v) is 5.17. The lowest BCUT2D eigenvalue weighted by Crippen LogP contribution is -2.37. The van der Waals surface area contributed by atoms with Gasteiger partial charge in [-0.05, 0) is 43.3 Å². The van der Waals surface area contributed by atoms with Crippen molar-refractivity contribution >= 4 is 23.5 Å². The summed E-state index contributed by atoms with van der Waals surface area (Å²) in [7, 11) is 0. The van der Waals surface area contributed by atoms with Crippen molar-refractivity contribution in [1.29, 1.82) is 0 Å². The van der Waals surface area contributed by atoms with Crippen LogP contribution in [0.2, 0.25) is 0 Å². The topological polar surface area (TPSA) is 88.8 Å². The van der Waals surface area contributed by atoms with Gasteiger partial charge in [0.05, 0.1) is 18.4 Å². The van der Waals surface area contributed by atoms with Crippen molar-refractivity contribution in [2.75, 3.05) is 24.6 Å². The van der Waals surface area contributed by atoms with Crippen molar-refractivity contribution in [1.82, 2.24) is 5.32 Å². The van der Waals surface area contributed by atoms with Gasteiger partial charge in [0.1, 0.15) is 0 Å². The number of ether oxygens (including phenoxy) is 1. The zero-order chi connectivity index (χ0) is 18.2. The molecule has 132 valence electrons. The smallest absolute Gasteiger partial charge is 0.338 e. The summed E-state index contributed by atoms with van der Waals surface area (Å²) >= 11 is 0. The fraction of sp³-hybridized carbons (Fsp3) is 0.278. The number of hydrogen-bond donors (Lipinski definition) is 1. The molecule has 0 spiro atoms. The summed E-state index contributed by atoms with van der Waals surface area (Å²) in [4.78, 5) is 36.9. The highest BCUT2D eigenvalue weighted by Gasteiger charge is 2.14. The number of amides is 2. The maximum absolute atomic E-state index is 11.9. The molecule has 0 atom stereocenters. The Balaban J connectivity index is 1.97. The molecule has 0 aliphatic carbocycles. The Kier molecular flexibility index (Phi) is 6.33. The first-order valence-corrected chi connectivity index (χ1v) is 7.90. The van der Waals surface area contributed by atoms with Crippen LogP contribution in [0.4, 0.5) is 5.69 Å². The van der Waals surface area contributed by atoms with Crippen LogP contribution in [0, 0.1) is 0 Å². The van der Waals surface area contributed by atoms with Crippen LogP contribution in [-0.4, -0.2) is 37.5 Å². The standard InChI is InChI=1S/C18H20N2O5/c1-3-24-18(23)14-6-8-15(9-7-14)20(13(2)21)11-10-19-17(22)16-5-4-12-25-16/h4-9,12H,3,10-11H2,1-2H3,(H,19,22). The summed E-state index contributed by atoms with van der Waals surface area (Å²) in [5.41, 5.74) is 1.05. The Labute approximate surface area is 145 Å². The van der Waals surface area contributed by atoms with E-state index in [0.717, 1.165) is 0 Å². The minimum Gasteiger partial charge on any atom is -0.462 e. The molecular weight excluding hydrogens is 324 g/mol. The molecule has 0 unspecified atom stereocenters. The van der Waals surface area contributed by atoms with E-state index in [-0.39, 0.29) is 24.1 Å². The molecule has 0 aliphatic rings. The minimum atomic E-state index is -0.408. The number of nitrogens with zero attached hydrogens (tertiary/aromatic N) is 1. The predicted octanol–water partition coefficient (Wildman–Crippen LogP) is 2.24. The average molecular weight is 344 g/mol. The van der Waals surface area contributed by atoms with E-state index >= 15 is 0 Å². The predicted molar refractivity (Wildman–Crippen MR) is 91.5 cm³/mol. The van der Waals surface area contributed by atoms with Crippen LogP contribution in [0.25, 0.3) is 0 Å². The van der Waals surface area contributed by atoms with Gasteiger partial charge >= 0.3 is 5.97 Å². The van der Waals surface area contributed by atoms with Gasteiger partial charge in [-0.25, -0.2) is 4.79 Å². The third-order valence-electron chi connectivity index (χ3n) is 3.44. The molecule has 0 bridgehead atoms. The first-order chi connectivity index (χ1) is 12.0. The van der Waals surface area contributed by atoms with E-state index in [4.69, 9.17) is 9.15 Å². The molecule has 7 heteroatoms. The van der Waals surface area contributed by atoms with Crippen LogP contribution >= 0.6 is 0 Å². The Morgan fingerprint density at radius 1 is 1.16 bits per heavy atom. The normalized spacial score (nSPS) is 10.2. The van der Waals surface area contributed by atoms with E-state index in [2.05, 4.69) is 5.32 Å². The molecule has 0 saturated carbocycles. The molecule has 0 saturated heterocycles. The van der Waals surface area contributed by atoms with Crippen molar-refractivity contribution in [3.8, 4) is 0 Å². The van der Waals surface area contributed by atoms with Crippen molar-refractivity contribution in [3.63, 3.8) is 0 Å². The van der Waals surface area contributed by atoms with Gasteiger partial charge < -0.3 is 19.4 Å². The van der Waals surface area contributed by atoms with E-state index < -0.39 is 5.97 Å². The van der Waals surface area contributed by atoms with E-state index in [1.54, 1.807) is 43.3 Å². The number of esters is 1. The Morgan fingerprint density at radius 2 is 1.88 bits per heavy atom. The lowest BCUT2D eigenvalue weighted by molar-refractivity contribution is -0.116. The van der Waals surface area contributed by atoms with E-state index in [9.17, 15) is 14.4 Å². The second kappa shape index (κ2) is 8.68. The number of carbonyl (C=O) groups excluding carboxylic acids is 3. The number of anilines is 1. The molecule has 2 rings (SSSR count). The maximum Gasteiger partial charge on any atom is 0.338 e. The summed E-state index contributed by atoms with van der Waals surface area (Å²) < 4.78 is 9.93. The molecule has 2 amide bonds. The van der Waals surface area contributed by atoms with Gasteiger partial charge in [0, 0.05) is 25.7 Å². The van der Waals surface area contributed by atoms with E-state index in [0.29, 0.717) is 24.4 Å². The number of nitrogens with one attached hydrogen (secondary N) is 1. The molecule has 25 heavy (non-hydrogen) atoms. The Bertz CT molecular complexity index is 722. The zero-order valence-electron chi connectivity index (χ0n) is 14.2. The maximum atomic E-state index is 11.9. The highest BCUT2D eigenvalue weighted by Crippen LogP contribution is 2.16. The first-order valence-electron chi connectivity index (χ1n) is 7.90. The fourth-order valence-electron chi connectivity index (χ4n) is 2.24. The molecule has 1 aromatic carbocycles. The van der Waals surface area contributed by atoms with Crippen molar-refractivity contribution in [3.05, 3.63) is 54.0 Å². The van der Waals surface area contributed by atoms with Crippen LogP contribution in [0.3, 0.4) is 0 Å². The number of furan rings is 1. The van der Waals surface area contributed by atoms with Gasteiger partial charge in [0.25, 0.3) is 5.91 Å². The highest BCUT2D eigenvalue weighted by molar-refractivity contribution is 5.94. The van der Waals surface area contributed by atoms with Crippen LogP contribution in [-0.2, 0) is 9.53 Å². The van der Waals surface area contributed by atoms with Crippen molar-refractivity contribution in [2.24, 2.45) is 0 Å². The third-order valence-corrected chi connectivity index (χ3v) is 3.44. The van der Waals surface area contributed by atoms with Crippen LogP contribution in [0.15, 0.2) is 47.1 Å². The summed E-state index contributed by atoms with van der Waals surface area (Å²) in [5, 5.41) is 2.69. The lowest BCUT2D eigenvalue weighted by Gasteiger charge is -2.21. The number of carbonyl (C=O) groups is 3. The van der Waals surface area contributed by atoms with Gasteiger partial charge in [0.15, 0.2) is 5.76 Å². The van der Waals surface area contributed by atoms with Gasteiger partial charge in [-0.15, -0.1) is 0 Å². The minimum absolute atomic E-state index is 0.170. The summed E-state index contributed by atoms with van der Waals surface area (Å²) in [6, 6.07) is 9.73. The monoisotopic (exact) mass is 344 g/mol. The molecule has 0 radical (unpaired) electrons. The average Bonchev–Trinajstić information content (AvgIpc) is 3.13. The van der Waals surface area contributed by atoms with E-state index in [1.165, 1.54) is 18.1 Å². The van der Waals surface area contributed by atoms with Crippen LogP contribution in [0.5, 0.6) is 0 Å². The number of benzene rings is 1. The molecule has 0 aliphatic heterocycles. The molecule has 2 aromatic rings. The quantitative estimate of drug-likeness (QED) is 0.778. The third kappa shape index (κ3) is 4.94. The molecule has 7 nitrogen and oxygen atoms in total. The van der Waals surface area contributed by atoms with Gasteiger partial charge in [-0.2, -0.15) is 0 Å². The first kappa shape index (κ1) is 18.3. The number of rotatable bonds is 7. The van der Waals surface area contributed by atoms with Crippen molar-refractivity contribution < 1.29 is 23.5 Å². The largest absolute Gasteiger partial charge is 0.462 e. The summed E-state index contributed by atoms with van der Waals surface area (Å²) in [6.07, 6.45) is 1.42. The summed E-state index contributed by atoms with van der Waals surface area (Å²) in [6.45, 7) is 4.03. The van der Waals surface area contributed by atoms with E-state index in [1.807, 2.05) is 0 Å². The van der Waals surface area contributed by atoms with Crippen LogP contribution in [0.1, 0.15) is 34.8 Å². The molecule has 0 fully saturated rings. The van der Waals surface area contributed by atoms with Crippen LogP contribution < -0.4 is 10.2 Å². The van der Waals surface area contributed by atoms with Gasteiger partial charge in [-0.3, -0.25) is 9.59 Å². The van der Waals surface area contributed by atoms with Crippen molar-refractivity contribution in [2.45, 2.75) is 13.8 Å². The molecular formula is C18H20N2O5. The SMILES string of the molecule is CCOC(=O)c1ccc(N(CCNC(=O)c2ccco2)C(C)=O)cc1. The second-order valence-electron chi connectivity index (χ2n) is 5.17.